The molecule has 2 heterocycles. The summed E-state index contributed by atoms with van der Waals surface area (Å²) in [5.41, 5.74) is 10.1. The van der Waals surface area contributed by atoms with Gasteiger partial charge in [-0.2, -0.15) is 0 Å². The first-order valence-corrected chi connectivity index (χ1v) is 12.3. The second kappa shape index (κ2) is 10.1. The third-order valence-electron chi connectivity index (χ3n) is 7.25. The highest BCUT2D eigenvalue weighted by Gasteiger charge is 2.26. The van der Waals surface area contributed by atoms with Gasteiger partial charge < -0.3 is 4.74 Å². The zero-order valence-corrected chi connectivity index (χ0v) is 19.0. The van der Waals surface area contributed by atoms with E-state index in [0.29, 0.717) is 12.3 Å². The van der Waals surface area contributed by atoms with E-state index in [1.165, 1.54) is 46.2 Å². The number of ether oxygens (including phenoxy) is 1. The van der Waals surface area contributed by atoms with Gasteiger partial charge in [-0.1, -0.05) is 60.2 Å². The molecular weight excluding hydrogens is 397 g/mol. The largest absolute Gasteiger partial charge is 0.381 e. The molecule has 3 heteroatoms. The van der Waals surface area contributed by atoms with Gasteiger partial charge in [0.15, 0.2) is 0 Å². The molecule has 0 aromatic heterocycles. The van der Waals surface area contributed by atoms with Crippen molar-refractivity contribution in [2.45, 2.75) is 38.5 Å². The van der Waals surface area contributed by atoms with Crippen molar-refractivity contribution in [3.63, 3.8) is 0 Å². The molecule has 2 fully saturated rings. The van der Waals surface area contributed by atoms with E-state index in [9.17, 15) is 4.39 Å². The molecule has 32 heavy (non-hydrogen) atoms. The summed E-state index contributed by atoms with van der Waals surface area (Å²) >= 11 is 0. The Hall–Kier alpha value is -2.23. The summed E-state index contributed by atoms with van der Waals surface area (Å²) in [5.74, 6) is 0.636. The molecule has 0 atom stereocenters. The number of hydrogen-bond donors (Lipinski definition) is 0. The molecule has 2 nitrogen and oxygen atoms in total. The molecule has 0 unspecified atom stereocenters. The molecule has 5 rings (SSSR count). The quantitative estimate of drug-likeness (QED) is 0.531. The number of alkyl halides is 1. The van der Waals surface area contributed by atoms with E-state index in [1.54, 1.807) is 5.57 Å². The Labute approximate surface area is 191 Å². The van der Waals surface area contributed by atoms with Gasteiger partial charge in [-0.3, -0.25) is 9.29 Å². The highest BCUT2D eigenvalue weighted by atomic mass is 19.1. The standard InChI is InChI=1S/C29H34FNO/c30-15-4-16-31-20-23(21-31)19-22-9-11-26(12-10-22)29-27-7-2-1-5-24(27)6-3-8-28(29)25-13-17-32-18-14-25/h1-2,5,7,9-12,19,25H,3-4,6,8,13-18,20-21H2. The lowest BCUT2D eigenvalue weighted by Gasteiger charge is -2.33. The summed E-state index contributed by atoms with van der Waals surface area (Å²) in [6, 6.07) is 18.2. The minimum absolute atomic E-state index is 0.216. The Morgan fingerprint density at radius 1 is 0.969 bits per heavy atom. The van der Waals surface area contributed by atoms with E-state index in [2.05, 4.69) is 59.5 Å². The molecule has 2 aliphatic heterocycles. The molecule has 0 N–H and O–H groups in total. The smallest absolute Gasteiger partial charge is 0.0906 e. The lowest BCUT2D eigenvalue weighted by atomic mass is 9.81. The third kappa shape index (κ3) is 4.74. The first-order chi connectivity index (χ1) is 15.8. The number of likely N-dealkylation sites (tertiary alicyclic amines) is 1. The first kappa shape index (κ1) is 21.6. The van der Waals surface area contributed by atoms with Crippen LogP contribution in [0, 0.1) is 5.92 Å². The summed E-state index contributed by atoms with van der Waals surface area (Å²) in [5, 5.41) is 0. The zero-order chi connectivity index (χ0) is 21.8. The van der Waals surface area contributed by atoms with Crippen LogP contribution in [0.25, 0.3) is 11.6 Å². The van der Waals surface area contributed by atoms with Crippen LogP contribution in [0.15, 0.2) is 59.7 Å². The van der Waals surface area contributed by atoms with Gasteiger partial charge in [0, 0.05) is 32.8 Å². The number of benzene rings is 2. The molecule has 2 aromatic rings. The number of nitrogens with zero attached hydrogens (tertiary/aromatic N) is 1. The molecule has 2 saturated heterocycles. The van der Waals surface area contributed by atoms with Crippen LogP contribution in [-0.4, -0.2) is 44.4 Å². The van der Waals surface area contributed by atoms with Crippen molar-refractivity contribution in [1.29, 1.82) is 0 Å². The summed E-state index contributed by atoms with van der Waals surface area (Å²) in [6.07, 6.45) is 8.83. The van der Waals surface area contributed by atoms with Crippen LogP contribution in [0.2, 0.25) is 0 Å². The van der Waals surface area contributed by atoms with E-state index in [1.807, 2.05) is 0 Å². The molecule has 0 bridgehead atoms. The minimum atomic E-state index is -0.216. The van der Waals surface area contributed by atoms with E-state index in [-0.39, 0.29) is 6.67 Å². The monoisotopic (exact) mass is 431 g/mol. The summed E-state index contributed by atoms with van der Waals surface area (Å²) in [6.45, 7) is 4.39. The second-order valence-electron chi connectivity index (χ2n) is 9.48. The van der Waals surface area contributed by atoms with Crippen LogP contribution in [0.1, 0.15) is 54.4 Å². The van der Waals surface area contributed by atoms with E-state index < -0.39 is 0 Å². The van der Waals surface area contributed by atoms with E-state index >= 15 is 0 Å². The fourth-order valence-electron chi connectivity index (χ4n) is 5.59. The molecule has 168 valence electrons. The van der Waals surface area contributed by atoms with Gasteiger partial charge in [-0.05, 0) is 77.8 Å². The fraction of sp³-hybridized carbons (Fsp3) is 0.448. The minimum Gasteiger partial charge on any atom is -0.381 e. The Kier molecular flexibility index (Phi) is 6.85. The zero-order valence-electron chi connectivity index (χ0n) is 19.0. The molecule has 2 aromatic carbocycles. The molecule has 1 aliphatic carbocycles. The Morgan fingerprint density at radius 2 is 1.75 bits per heavy atom. The third-order valence-corrected chi connectivity index (χ3v) is 7.25. The van der Waals surface area contributed by atoms with Gasteiger partial charge >= 0.3 is 0 Å². The molecule has 3 aliphatic rings. The maximum Gasteiger partial charge on any atom is 0.0906 e. The second-order valence-corrected chi connectivity index (χ2v) is 9.48. The average molecular weight is 432 g/mol. The number of fused-ring (bicyclic) bond motifs is 1. The summed E-state index contributed by atoms with van der Waals surface area (Å²) < 4.78 is 18.0. The van der Waals surface area contributed by atoms with Crippen molar-refractivity contribution < 1.29 is 9.13 Å². The SMILES string of the molecule is FCCCN1CC(=Cc2ccc(C3=C(C4CCOCC4)CCCc4ccccc43)cc2)C1. The molecule has 0 amide bonds. The topological polar surface area (TPSA) is 12.5 Å². The predicted molar refractivity (Wildman–Crippen MR) is 130 cm³/mol. The summed E-state index contributed by atoms with van der Waals surface area (Å²) in [4.78, 5) is 2.31. The van der Waals surface area contributed by atoms with Crippen molar-refractivity contribution in [3.05, 3.63) is 81.9 Å². The van der Waals surface area contributed by atoms with E-state index in [4.69, 9.17) is 4.74 Å². The van der Waals surface area contributed by atoms with Gasteiger partial charge in [0.1, 0.15) is 0 Å². The Balaban J connectivity index is 1.43. The molecule has 0 saturated carbocycles. The number of hydrogen-bond acceptors (Lipinski definition) is 2. The predicted octanol–water partition coefficient (Wildman–Crippen LogP) is 6.31. The van der Waals surface area contributed by atoms with E-state index in [0.717, 1.165) is 52.1 Å². The lowest BCUT2D eigenvalue weighted by Crippen LogP contribution is -2.40. The lowest BCUT2D eigenvalue weighted by molar-refractivity contribution is 0.0751. The van der Waals surface area contributed by atoms with Gasteiger partial charge in [0.05, 0.1) is 6.67 Å². The molecule has 0 radical (unpaired) electrons. The molecule has 0 spiro atoms. The Morgan fingerprint density at radius 3 is 2.53 bits per heavy atom. The maximum absolute atomic E-state index is 12.4. The number of aryl methyl sites for hydroxylation is 1. The van der Waals surface area contributed by atoms with Crippen LogP contribution in [0.3, 0.4) is 0 Å². The van der Waals surface area contributed by atoms with Crippen molar-refractivity contribution in [3.8, 4) is 0 Å². The average Bonchev–Trinajstić information content (AvgIpc) is 3.01. The van der Waals surface area contributed by atoms with Gasteiger partial charge in [0.2, 0.25) is 0 Å². The van der Waals surface area contributed by atoms with Crippen LogP contribution in [0.5, 0.6) is 0 Å². The molecular formula is C29H34FNO. The van der Waals surface area contributed by atoms with Crippen molar-refractivity contribution in [2.24, 2.45) is 5.92 Å². The number of allylic oxidation sites excluding steroid dienone is 1. The van der Waals surface area contributed by atoms with Gasteiger partial charge in [-0.15, -0.1) is 0 Å². The van der Waals surface area contributed by atoms with Crippen LogP contribution >= 0.6 is 0 Å². The number of rotatable bonds is 6. The number of halogens is 1. The fourth-order valence-corrected chi connectivity index (χ4v) is 5.59. The first-order valence-electron chi connectivity index (χ1n) is 12.3. The van der Waals surface area contributed by atoms with Crippen LogP contribution < -0.4 is 0 Å². The maximum atomic E-state index is 12.4. The highest BCUT2D eigenvalue weighted by molar-refractivity contribution is 5.84. The normalized spacial score (nSPS) is 20.0. The van der Waals surface area contributed by atoms with Crippen molar-refractivity contribution in [2.75, 3.05) is 39.5 Å². The van der Waals surface area contributed by atoms with Gasteiger partial charge in [0.25, 0.3) is 0 Å². The van der Waals surface area contributed by atoms with Crippen molar-refractivity contribution >= 4 is 11.6 Å². The van der Waals surface area contributed by atoms with Crippen LogP contribution in [0.4, 0.5) is 4.39 Å². The van der Waals surface area contributed by atoms with Crippen LogP contribution in [-0.2, 0) is 11.2 Å². The summed E-state index contributed by atoms with van der Waals surface area (Å²) in [7, 11) is 0. The Bertz CT molecular complexity index is 976. The highest BCUT2D eigenvalue weighted by Crippen LogP contribution is 2.41. The van der Waals surface area contributed by atoms with Crippen molar-refractivity contribution in [1.82, 2.24) is 4.90 Å². The van der Waals surface area contributed by atoms with Gasteiger partial charge in [-0.25, -0.2) is 0 Å².